The lowest BCUT2D eigenvalue weighted by molar-refractivity contribution is 0.0525. The van der Waals surface area contributed by atoms with Crippen LogP contribution in [0.25, 0.3) is 0 Å². The molecule has 1 aromatic rings. The highest BCUT2D eigenvalue weighted by atomic mass is 16.5. The molecule has 20 heavy (non-hydrogen) atoms. The fraction of sp³-hybridized carbons (Fsp3) is 0.600. The molecular formula is C15H22N2O3. The van der Waals surface area contributed by atoms with Crippen molar-refractivity contribution in [2.75, 3.05) is 26.2 Å². The van der Waals surface area contributed by atoms with Crippen LogP contribution in [0.15, 0.2) is 0 Å². The van der Waals surface area contributed by atoms with Gasteiger partial charge in [0.25, 0.3) is 0 Å². The van der Waals surface area contributed by atoms with Crippen LogP contribution in [0.1, 0.15) is 51.9 Å². The average Bonchev–Trinajstić information content (AvgIpc) is 2.98. The summed E-state index contributed by atoms with van der Waals surface area (Å²) in [6.07, 6.45) is 2.31. The fourth-order valence-corrected chi connectivity index (χ4v) is 2.76. The second kappa shape index (κ2) is 6.22. The van der Waals surface area contributed by atoms with Crippen LogP contribution in [0.2, 0.25) is 0 Å². The van der Waals surface area contributed by atoms with Crippen molar-refractivity contribution in [2.45, 2.75) is 33.6 Å². The number of aromatic nitrogens is 1. The van der Waals surface area contributed by atoms with Crippen molar-refractivity contribution in [2.24, 2.45) is 0 Å². The number of likely N-dealkylation sites (tertiary alicyclic amines) is 1. The molecule has 5 nitrogen and oxygen atoms in total. The summed E-state index contributed by atoms with van der Waals surface area (Å²) in [7, 11) is 0. The molecule has 1 aliphatic rings. The van der Waals surface area contributed by atoms with E-state index in [1.54, 1.807) is 20.8 Å². The molecular weight excluding hydrogens is 256 g/mol. The summed E-state index contributed by atoms with van der Waals surface area (Å²) in [5.41, 5.74) is 2.44. The molecule has 0 radical (unpaired) electrons. The van der Waals surface area contributed by atoms with Crippen molar-refractivity contribution < 1.29 is 14.3 Å². The second-order valence-corrected chi connectivity index (χ2v) is 5.25. The number of nitrogens with zero attached hydrogens (tertiary/aromatic N) is 1. The van der Waals surface area contributed by atoms with E-state index >= 15 is 0 Å². The van der Waals surface area contributed by atoms with Crippen molar-refractivity contribution >= 4 is 11.8 Å². The molecule has 110 valence electrons. The maximum absolute atomic E-state index is 12.3. The molecule has 0 bridgehead atoms. The molecule has 2 rings (SSSR count). The average molecular weight is 278 g/mol. The Morgan fingerprint density at radius 1 is 1.25 bits per heavy atom. The number of hydrogen-bond acceptors (Lipinski definition) is 4. The highest BCUT2D eigenvalue weighted by Crippen LogP contribution is 2.20. The molecule has 1 N–H and O–H groups in total. The monoisotopic (exact) mass is 278 g/mol. The van der Waals surface area contributed by atoms with E-state index in [1.165, 1.54) is 0 Å². The van der Waals surface area contributed by atoms with Gasteiger partial charge < -0.3 is 9.72 Å². The minimum atomic E-state index is -0.362. The van der Waals surface area contributed by atoms with Gasteiger partial charge in [0.2, 0.25) is 0 Å². The van der Waals surface area contributed by atoms with Crippen LogP contribution in [0.4, 0.5) is 0 Å². The molecule has 1 saturated heterocycles. The highest BCUT2D eigenvalue weighted by molar-refractivity contribution is 6.02. The summed E-state index contributed by atoms with van der Waals surface area (Å²) in [6, 6.07) is 0. The van der Waals surface area contributed by atoms with Crippen molar-refractivity contribution in [3.8, 4) is 0 Å². The lowest BCUT2D eigenvalue weighted by Gasteiger charge is -2.12. The van der Waals surface area contributed by atoms with Gasteiger partial charge in [0, 0.05) is 5.69 Å². The van der Waals surface area contributed by atoms with Crippen LogP contribution in [0.5, 0.6) is 0 Å². The van der Waals surface area contributed by atoms with Gasteiger partial charge in [0.15, 0.2) is 5.78 Å². The Labute approximate surface area is 119 Å². The van der Waals surface area contributed by atoms with Crippen LogP contribution < -0.4 is 0 Å². The number of aryl methyl sites for hydroxylation is 1. The van der Waals surface area contributed by atoms with Gasteiger partial charge in [-0.2, -0.15) is 0 Å². The Morgan fingerprint density at radius 2 is 1.90 bits per heavy atom. The number of aromatic amines is 1. The zero-order chi connectivity index (χ0) is 14.7. The SMILES string of the molecule is CCOC(=O)c1c(C)[nH]c(C(=O)CN2CCCC2)c1C. The molecule has 0 saturated carbocycles. The van der Waals surface area contributed by atoms with Crippen molar-refractivity contribution in [3.05, 3.63) is 22.5 Å². The first-order valence-corrected chi connectivity index (χ1v) is 7.16. The predicted molar refractivity (Wildman–Crippen MR) is 76.2 cm³/mol. The second-order valence-electron chi connectivity index (χ2n) is 5.25. The van der Waals surface area contributed by atoms with Gasteiger partial charge in [-0.1, -0.05) is 0 Å². The maximum atomic E-state index is 12.3. The molecule has 0 aliphatic carbocycles. The van der Waals surface area contributed by atoms with E-state index in [1.807, 2.05) is 0 Å². The minimum Gasteiger partial charge on any atom is -0.462 e. The Bertz CT molecular complexity index is 513. The molecule has 0 aromatic carbocycles. The predicted octanol–water partition coefficient (Wildman–Crippen LogP) is 2.09. The Balaban J connectivity index is 2.17. The number of hydrogen-bond donors (Lipinski definition) is 1. The zero-order valence-corrected chi connectivity index (χ0v) is 12.4. The van der Waals surface area contributed by atoms with Crippen LogP contribution in [-0.2, 0) is 4.74 Å². The fourth-order valence-electron chi connectivity index (χ4n) is 2.76. The van der Waals surface area contributed by atoms with Gasteiger partial charge in [0.05, 0.1) is 24.4 Å². The maximum Gasteiger partial charge on any atom is 0.340 e. The number of ether oxygens (including phenoxy) is 1. The highest BCUT2D eigenvalue weighted by Gasteiger charge is 2.24. The van der Waals surface area contributed by atoms with Gasteiger partial charge >= 0.3 is 5.97 Å². The largest absolute Gasteiger partial charge is 0.462 e. The van der Waals surface area contributed by atoms with Crippen LogP contribution in [0.3, 0.4) is 0 Å². The molecule has 0 spiro atoms. The smallest absolute Gasteiger partial charge is 0.340 e. The molecule has 1 aromatic heterocycles. The lowest BCUT2D eigenvalue weighted by Crippen LogP contribution is -2.27. The molecule has 5 heteroatoms. The summed E-state index contributed by atoms with van der Waals surface area (Å²) in [6.45, 7) is 8.08. The van der Waals surface area contributed by atoms with Gasteiger partial charge in [0.1, 0.15) is 0 Å². The summed E-state index contributed by atoms with van der Waals surface area (Å²) in [4.78, 5) is 29.4. The van der Waals surface area contributed by atoms with Gasteiger partial charge in [-0.3, -0.25) is 9.69 Å². The first kappa shape index (κ1) is 14.8. The number of carbonyl (C=O) groups excluding carboxylic acids is 2. The van der Waals surface area contributed by atoms with Gasteiger partial charge in [-0.05, 0) is 52.3 Å². The Morgan fingerprint density at radius 3 is 2.50 bits per heavy atom. The number of esters is 1. The number of rotatable bonds is 5. The standard InChI is InChI=1S/C15H22N2O3/c1-4-20-15(19)13-10(2)14(16-11(13)3)12(18)9-17-7-5-6-8-17/h16H,4-9H2,1-3H3. The first-order valence-electron chi connectivity index (χ1n) is 7.16. The van der Waals surface area contributed by atoms with E-state index in [0.717, 1.165) is 25.9 Å². The lowest BCUT2D eigenvalue weighted by atomic mass is 10.1. The number of carbonyl (C=O) groups is 2. The number of nitrogens with one attached hydrogen (secondary N) is 1. The van der Waals surface area contributed by atoms with E-state index in [0.29, 0.717) is 35.7 Å². The third-order valence-electron chi connectivity index (χ3n) is 3.76. The first-order chi connectivity index (χ1) is 9.54. The molecule has 1 aliphatic heterocycles. The molecule has 0 atom stereocenters. The number of ketones is 1. The van der Waals surface area contributed by atoms with E-state index in [4.69, 9.17) is 4.74 Å². The van der Waals surface area contributed by atoms with E-state index in [9.17, 15) is 9.59 Å². The third-order valence-corrected chi connectivity index (χ3v) is 3.76. The molecule has 2 heterocycles. The molecule has 0 amide bonds. The molecule has 1 fully saturated rings. The summed E-state index contributed by atoms with van der Waals surface area (Å²) in [5.74, 6) is -0.318. The van der Waals surface area contributed by atoms with E-state index < -0.39 is 0 Å². The topological polar surface area (TPSA) is 62.4 Å². The van der Waals surface area contributed by atoms with Gasteiger partial charge in [-0.25, -0.2) is 4.79 Å². The van der Waals surface area contributed by atoms with E-state index in [2.05, 4.69) is 9.88 Å². The molecule has 0 unspecified atom stereocenters. The van der Waals surface area contributed by atoms with Crippen LogP contribution in [-0.4, -0.2) is 47.9 Å². The van der Waals surface area contributed by atoms with Crippen molar-refractivity contribution in [1.82, 2.24) is 9.88 Å². The third kappa shape index (κ3) is 2.93. The Hall–Kier alpha value is -1.62. The summed E-state index contributed by atoms with van der Waals surface area (Å²) in [5, 5.41) is 0. The minimum absolute atomic E-state index is 0.0445. The van der Waals surface area contributed by atoms with Crippen LogP contribution in [0, 0.1) is 13.8 Å². The normalized spacial score (nSPS) is 15.6. The number of Topliss-reactive ketones (excluding diaryl/α,β-unsaturated/α-hetero) is 1. The van der Waals surface area contributed by atoms with Crippen molar-refractivity contribution in [1.29, 1.82) is 0 Å². The zero-order valence-electron chi connectivity index (χ0n) is 12.4. The number of H-pyrrole nitrogens is 1. The summed E-state index contributed by atoms with van der Waals surface area (Å²) < 4.78 is 5.04. The van der Waals surface area contributed by atoms with Crippen molar-refractivity contribution in [3.63, 3.8) is 0 Å². The summed E-state index contributed by atoms with van der Waals surface area (Å²) >= 11 is 0. The van der Waals surface area contributed by atoms with Crippen LogP contribution >= 0.6 is 0 Å². The van der Waals surface area contributed by atoms with Gasteiger partial charge in [-0.15, -0.1) is 0 Å². The van der Waals surface area contributed by atoms with E-state index in [-0.39, 0.29) is 11.8 Å². The quantitative estimate of drug-likeness (QED) is 0.661. The Kier molecular flexibility index (Phi) is 4.60.